The number of rotatable bonds is 10. The quantitative estimate of drug-likeness (QED) is 0.515. The normalized spacial score (nSPS) is 14.0. The van der Waals surface area contributed by atoms with Gasteiger partial charge in [0.2, 0.25) is 5.91 Å². The fraction of sp³-hybridized carbons (Fsp3) is 0.526. The first-order chi connectivity index (χ1) is 11.8. The Bertz CT molecular complexity index is 528. The number of ether oxygens (including phenoxy) is 2. The summed E-state index contributed by atoms with van der Waals surface area (Å²) in [5.74, 6) is 3.04. The lowest BCUT2D eigenvalue weighted by Gasteiger charge is -2.12. The van der Waals surface area contributed by atoms with Crippen LogP contribution in [0.5, 0.6) is 11.5 Å². The maximum Gasteiger partial charge on any atom is 0.230 e. The SMILES string of the molecule is COc1ccc(OCCSCC(=O)NCCC2=CCCCC2)cc1. The largest absolute Gasteiger partial charge is 0.497 e. The van der Waals surface area contributed by atoms with Crippen molar-refractivity contribution in [1.29, 1.82) is 0 Å². The van der Waals surface area contributed by atoms with Gasteiger partial charge in [0.25, 0.3) is 0 Å². The molecule has 0 atom stereocenters. The van der Waals surface area contributed by atoms with Crippen molar-refractivity contribution < 1.29 is 14.3 Å². The van der Waals surface area contributed by atoms with Crippen LogP contribution in [0.4, 0.5) is 0 Å². The molecule has 24 heavy (non-hydrogen) atoms. The molecule has 0 aromatic heterocycles. The fourth-order valence-electron chi connectivity index (χ4n) is 2.60. The third-order valence-corrected chi connectivity index (χ3v) is 4.86. The van der Waals surface area contributed by atoms with Gasteiger partial charge in [-0.05, 0) is 56.4 Å². The Balaban J connectivity index is 1.48. The summed E-state index contributed by atoms with van der Waals surface area (Å²) in [7, 11) is 1.64. The molecule has 0 saturated heterocycles. The monoisotopic (exact) mass is 349 g/mol. The summed E-state index contributed by atoms with van der Waals surface area (Å²) in [5, 5.41) is 3.00. The predicted molar refractivity (Wildman–Crippen MR) is 100.0 cm³/mol. The molecule has 0 spiro atoms. The second kappa shape index (κ2) is 11.0. The van der Waals surface area contributed by atoms with Crippen LogP contribution in [0.25, 0.3) is 0 Å². The lowest BCUT2D eigenvalue weighted by molar-refractivity contribution is -0.118. The Kier molecular flexibility index (Phi) is 8.60. The number of thioether (sulfide) groups is 1. The number of carbonyl (C=O) groups is 1. The van der Waals surface area contributed by atoms with E-state index in [9.17, 15) is 4.79 Å². The minimum Gasteiger partial charge on any atom is -0.497 e. The molecule has 1 aliphatic carbocycles. The van der Waals surface area contributed by atoms with E-state index >= 15 is 0 Å². The van der Waals surface area contributed by atoms with Crippen LogP contribution in [-0.2, 0) is 4.79 Å². The van der Waals surface area contributed by atoms with E-state index in [1.54, 1.807) is 18.9 Å². The standard InChI is InChI=1S/C19H27NO3S/c1-22-17-7-9-18(10-8-17)23-13-14-24-15-19(21)20-12-11-16-5-3-2-4-6-16/h5,7-10H,2-4,6,11-15H2,1H3,(H,20,21). The summed E-state index contributed by atoms with van der Waals surface area (Å²) in [6.45, 7) is 1.35. The molecular weight excluding hydrogens is 322 g/mol. The molecule has 1 N–H and O–H groups in total. The van der Waals surface area contributed by atoms with Crippen molar-refractivity contribution in [2.75, 3.05) is 31.8 Å². The van der Waals surface area contributed by atoms with Crippen LogP contribution in [0.3, 0.4) is 0 Å². The van der Waals surface area contributed by atoms with Crippen LogP contribution < -0.4 is 14.8 Å². The summed E-state index contributed by atoms with van der Waals surface area (Å²) >= 11 is 1.60. The summed E-state index contributed by atoms with van der Waals surface area (Å²) in [4.78, 5) is 11.8. The number of methoxy groups -OCH3 is 1. The van der Waals surface area contributed by atoms with Crippen molar-refractivity contribution in [1.82, 2.24) is 5.32 Å². The molecule has 2 rings (SSSR count). The van der Waals surface area contributed by atoms with Crippen molar-refractivity contribution >= 4 is 17.7 Å². The van der Waals surface area contributed by atoms with Crippen molar-refractivity contribution in [2.45, 2.75) is 32.1 Å². The molecule has 0 bridgehead atoms. The van der Waals surface area contributed by atoms with Gasteiger partial charge < -0.3 is 14.8 Å². The van der Waals surface area contributed by atoms with Gasteiger partial charge in [-0.15, -0.1) is 11.8 Å². The first kappa shape index (κ1) is 18.7. The first-order valence-electron chi connectivity index (χ1n) is 8.57. The third kappa shape index (κ3) is 7.30. The average molecular weight is 349 g/mol. The first-order valence-corrected chi connectivity index (χ1v) is 9.72. The lowest BCUT2D eigenvalue weighted by atomic mass is 9.97. The Morgan fingerprint density at radius 1 is 1.21 bits per heavy atom. The van der Waals surface area contributed by atoms with Crippen molar-refractivity contribution in [3.05, 3.63) is 35.9 Å². The summed E-state index contributed by atoms with van der Waals surface area (Å²) in [6.07, 6.45) is 8.34. The maximum absolute atomic E-state index is 11.8. The number of hydrogen-bond acceptors (Lipinski definition) is 4. The van der Waals surface area contributed by atoms with E-state index in [2.05, 4.69) is 11.4 Å². The van der Waals surface area contributed by atoms with Crippen molar-refractivity contribution in [3.8, 4) is 11.5 Å². The van der Waals surface area contributed by atoms with E-state index in [0.29, 0.717) is 12.4 Å². The highest BCUT2D eigenvalue weighted by atomic mass is 32.2. The third-order valence-electron chi connectivity index (χ3n) is 3.94. The lowest BCUT2D eigenvalue weighted by Crippen LogP contribution is -2.26. The van der Waals surface area contributed by atoms with Crippen LogP contribution in [0.2, 0.25) is 0 Å². The molecule has 1 aliphatic rings. The second-order valence-electron chi connectivity index (χ2n) is 5.78. The highest BCUT2D eigenvalue weighted by Crippen LogP contribution is 2.19. The van der Waals surface area contributed by atoms with E-state index in [0.717, 1.165) is 30.2 Å². The fourth-order valence-corrected chi connectivity index (χ4v) is 3.23. The highest BCUT2D eigenvalue weighted by molar-refractivity contribution is 7.99. The smallest absolute Gasteiger partial charge is 0.230 e. The van der Waals surface area contributed by atoms with Gasteiger partial charge in [-0.2, -0.15) is 0 Å². The number of carbonyl (C=O) groups excluding carboxylic acids is 1. The maximum atomic E-state index is 11.8. The molecule has 4 nitrogen and oxygen atoms in total. The van der Waals surface area contributed by atoms with Gasteiger partial charge in [0.1, 0.15) is 11.5 Å². The zero-order chi connectivity index (χ0) is 17.0. The van der Waals surface area contributed by atoms with Crippen LogP contribution in [0, 0.1) is 0 Å². The van der Waals surface area contributed by atoms with Gasteiger partial charge in [-0.25, -0.2) is 0 Å². The van der Waals surface area contributed by atoms with Gasteiger partial charge >= 0.3 is 0 Å². The highest BCUT2D eigenvalue weighted by Gasteiger charge is 2.05. The number of benzene rings is 1. The van der Waals surface area contributed by atoms with Gasteiger partial charge in [-0.1, -0.05) is 11.6 Å². The summed E-state index contributed by atoms with van der Waals surface area (Å²) < 4.78 is 10.7. The number of allylic oxidation sites excluding steroid dienone is 1. The average Bonchev–Trinajstić information content (AvgIpc) is 2.63. The van der Waals surface area contributed by atoms with Crippen LogP contribution >= 0.6 is 11.8 Å². The zero-order valence-electron chi connectivity index (χ0n) is 14.4. The molecule has 0 unspecified atom stereocenters. The van der Waals surface area contributed by atoms with E-state index < -0.39 is 0 Å². The van der Waals surface area contributed by atoms with Gasteiger partial charge in [-0.3, -0.25) is 4.79 Å². The molecule has 0 radical (unpaired) electrons. The van der Waals surface area contributed by atoms with E-state index in [1.165, 1.54) is 31.3 Å². The Morgan fingerprint density at radius 2 is 2.00 bits per heavy atom. The molecule has 0 aliphatic heterocycles. The molecule has 1 aromatic carbocycles. The summed E-state index contributed by atoms with van der Waals surface area (Å²) in [5.41, 5.74) is 1.50. The number of nitrogens with one attached hydrogen (secondary N) is 1. The zero-order valence-corrected chi connectivity index (χ0v) is 15.2. The molecule has 5 heteroatoms. The molecule has 1 aromatic rings. The summed E-state index contributed by atoms with van der Waals surface area (Å²) in [6, 6.07) is 7.52. The van der Waals surface area contributed by atoms with E-state index in [4.69, 9.17) is 9.47 Å². The molecule has 0 fully saturated rings. The molecule has 0 saturated carbocycles. The Hall–Kier alpha value is -1.62. The Morgan fingerprint density at radius 3 is 2.71 bits per heavy atom. The van der Waals surface area contributed by atoms with E-state index in [-0.39, 0.29) is 5.91 Å². The van der Waals surface area contributed by atoms with Crippen molar-refractivity contribution in [3.63, 3.8) is 0 Å². The minimum atomic E-state index is 0.112. The number of hydrogen-bond donors (Lipinski definition) is 1. The van der Waals surface area contributed by atoms with Gasteiger partial charge in [0, 0.05) is 12.3 Å². The molecular formula is C19H27NO3S. The van der Waals surface area contributed by atoms with Crippen LogP contribution in [0.15, 0.2) is 35.9 Å². The molecule has 0 heterocycles. The topological polar surface area (TPSA) is 47.6 Å². The van der Waals surface area contributed by atoms with Crippen LogP contribution in [-0.4, -0.2) is 37.7 Å². The molecule has 132 valence electrons. The predicted octanol–water partition coefficient (Wildman–Crippen LogP) is 3.81. The van der Waals surface area contributed by atoms with Crippen LogP contribution in [0.1, 0.15) is 32.1 Å². The van der Waals surface area contributed by atoms with Gasteiger partial charge in [0.15, 0.2) is 0 Å². The van der Waals surface area contributed by atoms with Crippen molar-refractivity contribution in [2.24, 2.45) is 0 Å². The Labute approximate surface area is 149 Å². The van der Waals surface area contributed by atoms with Gasteiger partial charge in [0.05, 0.1) is 19.5 Å². The molecule has 1 amide bonds. The second-order valence-corrected chi connectivity index (χ2v) is 6.89. The van der Waals surface area contributed by atoms with E-state index in [1.807, 2.05) is 24.3 Å². The minimum absolute atomic E-state index is 0.112. The number of amides is 1.